The molecule has 0 aliphatic heterocycles. The van der Waals surface area contributed by atoms with E-state index in [1.165, 1.54) is 0 Å². The zero-order valence-corrected chi connectivity index (χ0v) is 16.9. The molecule has 0 spiro atoms. The second-order valence-corrected chi connectivity index (χ2v) is 7.90. The first-order valence-electron chi connectivity index (χ1n) is 7.94. The highest BCUT2D eigenvalue weighted by Gasteiger charge is 2.51. The van der Waals surface area contributed by atoms with Crippen LogP contribution in [0.5, 0.6) is 0 Å². The Morgan fingerprint density at radius 2 is 0.652 bits per heavy atom. The first-order valence-corrected chi connectivity index (χ1v) is 11.2. The summed E-state index contributed by atoms with van der Waals surface area (Å²) < 4.78 is 43.2. The molecule has 0 fully saturated rings. The van der Waals surface area contributed by atoms with Crippen LogP contribution >= 0.6 is 0 Å². The summed E-state index contributed by atoms with van der Waals surface area (Å²) in [5.74, 6) is 0. The van der Waals surface area contributed by atoms with E-state index in [-0.39, 0.29) is 0 Å². The van der Waals surface area contributed by atoms with E-state index in [0.717, 1.165) is 0 Å². The third-order valence-corrected chi connectivity index (χ3v) is 6.60. The van der Waals surface area contributed by atoms with Crippen LogP contribution in [0.15, 0.2) is 0 Å². The first-order chi connectivity index (χ1) is 11.1. The quantitative estimate of drug-likeness (QED) is 0.229. The Labute approximate surface area is 140 Å². The van der Waals surface area contributed by atoms with Crippen LogP contribution in [0.3, 0.4) is 0 Å². The van der Waals surface area contributed by atoms with Crippen LogP contribution in [0.2, 0.25) is 0 Å². The van der Waals surface area contributed by atoms with Crippen LogP contribution in [0.25, 0.3) is 0 Å². The van der Waals surface area contributed by atoms with Gasteiger partial charge >= 0.3 is 18.1 Å². The molecule has 23 heavy (non-hydrogen) atoms. The maximum Gasteiger partial charge on any atom is 0.710 e. The molecule has 0 aromatic rings. The normalized spacial score (nSPS) is 12.8. The van der Waals surface area contributed by atoms with Crippen LogP contribution in [0, 0.1) is 0 Å². The molecule has 0 bridgehead atoms. The molecule has 0 aliphatic carbocycles. The summed E-state index contributed by atoms with van der Waals surface area (Å²) in [5, 5.41) is 4.85. The van der Waals surface area contributed by atoms with Crippen molar-refractivity contribution in [2.75, 3.05) is 39.6 Å². The number of rotatable bonds is 16. The van der Waals surface area contributed by atoms with E-state index in [1.54, 1.807) is 41.5 Å². The topological polar surface area (TPSA) is 83.1 Å². The van der Waals surface area contributed by atoms with Crippen molar-refractivity contribution < 1.29 is 40.7 Å². The van der Waals surface area contributed by atoms with Crippen LogP contribution in [0.1, 0.15) is 41.5 Å². The molecule has 140 valence electrons. The second kappa shape index (κ2) is 13.4. The van der Waals surface area contributed by atoms with Crippen LogP contribution < -0.4 is 0 Å². The van der Waals surface area contributed by atoms with Gasteiger partial charge < -0.3 is 26.6 Å². The van der Waals surface area contributed by atoms with E-state index in [2.05, 4.69) is 0 Å². The van der Waals surface area contributed by atoms with Crippen LogP contribution in [-0.2, 0) is 40.7 Å². The summed E-state index contributed by atoms with van der Waals surface area (Å²) in [7, 11) is -6.91. The minimum Gasteiger partial charge on any atom is -0.350 e. The second-order valence-electron chi connectivity index (χ2n) is 3.83. The summed E-state index contributed by atoms with van der Waals surface area (Å²) in [6.07, 6.45) is 0. The maximum absolute atomic E-state index is 5.47. The van der Waals surface area contributed by atoms with Crippen LogP contribution in [0.4, 0.5) is 0 Å². The van der Waals surface area contributed by atoms with Crippen molar-refractivity contribution in [3.63, 3.8) is 0 Å². The Morgan fingerprint density at radius 1 is 0.435 bits per heavy atom. The van der Waals surface area contributed by atoms with Gasteiger partial charge in [-0.3, -0.25) is 0 Å². The molecular weight excluding hydrogens is 344 g/mol. The Kier molecular flexibility index (Phi) is 13.4. The van der Waals surface area contributed by atoms with Gasteiger partial charge in [-0.15, -0.1) is 0 Å². The van der Waals surface area contributed by atoms with Gasteiger partial charge in [-0.05, 0) is 41.5 Å². The Bertz CT molecular complexity index is 223. The summed E-state index contributed by atoms with van der Waals surface area (Å²) in [5.41, 5.74) is 0. The smallest absolute Gasteiger partial charge is 0.350 e. The highest BCUT2D eigenvalue weighted by atomic mass is 28.4. The fourth-order valence-electron chi connectivity index (χ4n) is 1.56. The fraction of sp³-hybridized carbons (Fsp3) is 1.00. The summed E-state index contributed by atoms with van der Waals surface area (Å²) in [4.78, 5) is 0. The van der Waals surface area contributed by atoms with E-state index < -0.39 is 18.1 Å². The van der Waals surface area contributed by atoms with Crippen molar-refractivity contribution in [1.82, 2.24) is 0 Å². The van der Waals surface area contributed by atoms with Gasteiger partial charge in [-0.2, -0.15) is 9.15 Å². The molecule has 9 nitrogen and oxygen atoms in total. The van der Waals surface area contributed by atoms with E-state index in [9.17, 15) is 0 Å². The van der Waals surface area contributed by atoms with Crippen molar-refractivity contribution in [3.05, 3.63) is 0 Å². The Hall–Kier alpha value is 0.0738. The van der Waals surface area contributed by atoms with E-state index in [0.29, 0.717) is 39.6 Å². The van der Waals surface area contributed by atoms with E-state index >= 15 is 0 Å². The maximum atomic E-state index is 5.47. The fourth-order valence-corrected chi connectivity index (χ4v) is 4.77. The molecule has 11 heteroatoms. The van der Waals surface area contributed by atoms with Crippen LogP contribution in [-0.4, -0.2) is 57.7 Å². The minimum absolute atomic E-state index is 0.334. The van der Waals surface area contributed by atoms with Crippen molar-refractivity contribution >= 4 is 18.1 Å². The lowest BCUT2D eigenvalue weighted by atomic mass is 10.9. The molecule has 0 heterocycles. The molecule has 0 unspecified atom stereocenters. The van der Waals surface area contributed by atoms with Crippen molar-refractivity contribution in [2.24, 2.45) is 0 Å². The summed E-state index contributed by atoms with van der Waals surface area (Å²) in [6, 6.07) is 0. The Balaban J connectivity index is 4.82. The summed E-state index contributed by atoms with van der Waals surface area (Å²) >= 11 is 0. The largest absolute Gasteiger partial charge is 0.710 e. The zero-order chi connectivity index (χ0) is 17.6. The van der Waals surface area contributed by atoms with Gasteiger partial charge in [-0.25, -0.2) is 0 Å². The monoisotopic (exact) mass is 374 g/mol. The average molecular weight is 375 g/mol. The lowest BCUT2D eigenvalue weighted by Gasteiger charge is -2.28. The number of hydrogen-bond acceptors (Lipinski definition) is 9. The molecule has 0 rings (SSSR count). The molecule has 0 saturated heterocycles. The zero-order valence-electron chi connectivity index (χ0n) is 14.9. The van der Waals surface area contributed by atoms with Gasteiger partial charge in [0, 0.05) is 39.6 Å². The summed E-state index contributed by atoms with van der Waals surface area (Å²) in [6.45, 7) is 12.8. The van der Waals surface area contributed by atoms with Crippen molar-refractivity contribution in [3.8, 4) is 0 Å². The van der Waals surface area contributed by atoms with Gasteiger partial charge in [0.2, 0.25) is 0 Å². The van der Waals surface area contributed by atoms with E-state index in [1.807, 2.05) is 0 Å². The van der Waals surface area contributed by atoms with Gasteiger partial charge in [0.05, 0.1) is 0 Å². The van der Waals surface area contributed by atoms with Gasteiger partial charge in [0.25, 0.3) is 0 Å². The molecule has 0 aliphatic rings. The van der Waals surface area contributed by atoms with Gasteiger partial charge in [0.1, 0.15) is 0 Å². The number of hydrogen-bond donors (Lipinski definition) is 0. The predicted octanol–water partition coefficient (Wildman–Crippen LogP) is 1.96. The molecule has 0 radical (unpaired) electrons. The molecule has 0 saturated carbocycles. The standard InChI is InChI=1S/C12H30O9Si2/c1-7-13-22(14-8-2,15-9-3)20-19-21-23(16-10-4,17-11-5)18-12-6/h7-12H2,1-6H3. The lowest BCUT2D eigenvalue weighted by Crippen LogP contribution is -2.53. The highest BCUT2D eigenvalue weighted by Crippen LogP contribution is 2.17. The average Bonchev–Trinajstić information content (AvgIpc) is 2.49. The molecule has 0 atom stereocenters. The SMILES string of the molecule is CCO[Si](OCC)(OCC)OOO[Si](OCC)(OCC)OCC. The van der Waals surface area contributed by atoms with Crippen molar-refractivity contribution in [2.45, 2.75) is 41.5 Å². The Morgan fingerprint density at radius 3 is 0.826 bits per heavy atom. The molecule has 0 aromatic heterocycles. The van der Waals surface area contributed by atoms with Gasteiger partial charge in [-0.1, -0.05) is 5.04 Å². The third kappa shape index (κ3) is 8.65. The van der Waals surface area contributed by atoms with Gasteiger partial charge in [0.15, 0.2) is 0 Å². The molecule has 0 aromatic carbocycles. The predicted molar refractivity (Wildman–Crippen MR) is 84.5 cm³/mol. The lowest BCUT2D eigenvalue weighted by molar-refractivity contribution is -0.468. The molecule has 0 amide bonds. The minimum atomic E-state index is -3.46. The third-order valence-electron chi connectivity index (χ3n) is 2.20. The van der Waals surface area contributed by atoms with E-state index in [4.69, 9.17) is 40.7 Å². The van der Waals surface area contributed by atoms with Crippen molar-refractivity contribution in [1.29, 1.82) is 0 Å². The first kappa shape index (κ1) is 23.1. The molecular formula is C12H30O9Si2. The molecule has 0 N–H and O–H groups in total. The highest BCUT2D eigenvalue weighted by molar-refractivity contribution is 6.54.